The quantitative estimate of drug-likeness (QED) is 0.453. The van der Waals surface area contributed by atoms with E-state index < -0.39 is 4.84 Å². The molecule has 0 radical (unpaired) electrons. The summed E-state index contributed by atoms with van der Waals surface area (Å²) in [6.07, 6.45) is 1.91. The van der Waals surface area contributed by atoms with Crippen LogP contribution in [0, 0.1) is 0 Å². The molecule has 0 fully saturated rings. The number of hydrogen-bond donors (Lipinski definition) is 0. The van der Waals surface area contributed by atoms with Crippen LogP contribution >= 0.6 is 35.0 Å². The lowest BCUT2D eigenvalue weighted by atomic mass is 10.1. The van der Waals surface area contributed by atoms with Crippen LogP contribution < -0.4 is 0 Å². The van der Waals surface area contributed by atoms with E-state index >= 15 is 0 Å². The lowest BCUT2D eigenvalue weighted by molar-refractivity contribution is 0.100. The normalized spacial score (nSPS) is 10.5. The molecule has 0 bridgehead atoms. The Morgan fingerprint density at radius 3 is 2.54 bits per heavy atom. The van der Waals surface area contributed by atoms with Gasteiger partial charge in [0.2, 0.25) is 0 Å². The number of carbonyl (C=O) groups excluding carboxylic acids is 1. The van der Waals surface area contributed by atoms with Gasteiger partial charge in [-0.15, -0.1) is 11.8 Å². The Bertz CT molecular complexity index is 312. The highest BCUT2D eigenvalue weighted by Crippen LogP contribution is 2.23. The number of Topliss-reactive ketones (excluding diaryl/α,β-unsaturated/α-hetero) is 1. The molecule has 0 unspecified atom stereocenters. The van der Waals surface area contributed by atoms with Crippen molar-refractivity contribution in [1.29, 1.82) is 0 Å². The number of carbonyl (C=O) groups is 1. The largest absolute Gasteiger partial charge is 0.291 e. The summed E-state index contributed by atoms with van der Waals surface area (Å²) in [6, 6.07) is 7.27. The summed E-state index contributed by atoms with van der Waals surface area (Å²) in [5.74, 6) is -0.242. The molecule has 0 saturated heterocycles. The third-order valence-electron chi connectivity index (χ3n) is 1.57. The minimum atomic E-state index is -0.978. The second-order valence-electron chi connectivity index (χ2n) is 2.37. The van der Waals surface area contributed by atoms with E-state index in [1.165, 1.54) is 11.8 Å². The molecule has 70 valence electrons. The Labute approximate surface area is 91.4 Å². The third kappa shape index (κ3) is 2.63. The molecular formula is C9H8Cl2OS. The Morgan fingerprint density at radius 1 is 1.38 bits per heavy atom. The fraction of sp³-hybridized carbons (Fsp3) is 0.222. The van der Waals surface area contributed by atoms with E-state index in [-0.39, 0.29) is 5.78 Å². The van der Waals surface area contributed by atoms with Gasteiger partial charge in [-0.25, -0.2) is 0 Å². The molecule has 0 spiro atoms. The van der Waals surface area contributed by atoms with Crippen LogP contribution in [0.2, 0.25) is 0 Å². The Morgan fingerprint density at radius 2 is 2.00 bits per heavy atom. The number of hydrogen-bond acceptors (Lipinski definition) is 2. The van der Waals surface area contributed by atoms with E-state index in [9.17, 15) is 4.79 Å². The van der Waals surface area contributed by atoms with E-state index in [0.717, 1.165) is 4.90 Å². The SMILES string of the molecule is CSc1ccccc1C(=O)C(Cl)Cl. The molecule has 1 nitrogen and oxygen atoms in total. The highest BCUT2D eigenvalue weighted by molar-refractivity contribution is 7.98. The predicted octanol–water partition coefficient (Wildman–Crippen LogP) is 3.39. The van der Waals surface area contributed by atoms with Crippen LogP contribution in [0.15, 0.2) is 29.2 Å². The molecule has 0 saturated carbocycles. The van der Waals surface area contributed by atoms with Crippen molar-refractivity contribution < 1.29 is 4.79 Å². The molecule has 0 aromatic heterocycles. The molecule has 0 aliphatic heterocycles. The maximum Gasteiger partial charge on any atom is 0.196 e. The minimum Gasteiger partial charge on any atom is -0.291 e. The van der Waals surface area contributed by atoms with Gasteiger partial charge in [0.05, 0.1) is 0 Å². The fourth-order valence-electron chi connectivity index (χ4n) is 0.966. The standard InChI is InChI=1S/C9H8Cl2OS/c1-13-7-5-3-2-4-6(7)8(12)9(10)11/h2-5,9H,1H3. The van der Waals surface area contributed by atoms with Crippen LogP contribution in [-0.2, 0) is 0 Å². The van der Waals surface area contributed by atoms with Crippen molar-refractivity contribution in [3.05, 3.63) is 29.8 Å². The monoisotopic (exact) mass is 234 g/mol. The first kappa shape index (κ1) is 10.9. The van der Waals surface area contributed by atoms with Gasteiger partial charge in [0, 0.05) is 10.5 Å². The second kappa shape index (κ2) is 4.89. The zero-order chi connectivity index (χ0) is 9.84. The molecule has 4 heteroatoms. The van der Waals surface area contributed by atoms with Gasteiger partial charge in [0.15, 0.2) is 10.6 Å². The van der Waals surface area contributed by atoms with E-state index in [2.05, 4.69) is 0 Å². The molecule has 0 aliphatic carbocycles. The van der Waals surface area contributed by atoms with Gasteiger partial charge in [0.1, 0.15) is 0 Å². The maximum atomic E-state index is 11.4. The van der Waals surface area contributed by atoms with Gasteiger partial charge in [-0.3, -0.25) is 4.79 Å². The molecule has 1 aromatic rings. The molecular weight excluding hydrogens is 227 g/mol. The Kier molecular flexibility index (Phi) is 4.10. The molecule has 13 heavy (non-hydrogen) atoms. The minimum absolute atomic E-state index is 0.242. The van der Waals surface area contributed by atoms with Gasteiger partial charge in [-0.2, -0.15) is 0 Å². The van der Waals surface area contributed by atoms with Crippen molar-refractivity contribution in [2.45, 2.75) is 9.73 Å². The van der Waals surface area contributed by atoms with E-state index in [1.807, 2.05) is 18.4 Å². The van der Waals surface area contributed by atoms with Crippen LogP contribution in [0.25, 0.3) is 0 Å². The summed E-state index contributed by atoms with van der Waals surface area (Å²) in [5, 5.41) is 0. The van der Waals surface area contributed by atoms with Crippen LogP contribution in [0.3, 0.4) is 0 Å². The molecule has 0 heterocycles. The summed E-state index contributed by atoms with van der Waals surface area (Å²) in [6.45, 7) is 0. The number of thioether (sulfide) groups is 1. The molecule has 0 N–H and O–H groups in total. The summed E-state index contributed by atoms with van der Waals surface area (Å²) in [7, 11) is 0. The van der Waals surface area contributed by atoms with Gasteiger partial charge < -0.3 is 0 Å². The summed E-state index contributed by atoms with van der Waals surface area (Å²) in [5.41, 5.74) is 0.588. The van der Waals surface area contributed by atoms with Gasteiger partial charge in [-0.1, -0.05) is 41.4 Å². The van der Waals surface area contributed by atoms with Crippen molar-refractivity contribution in [2.24, 2.45) is 0 Å². The number of halogens is 2. The lowest BCUT2D eigenvalue weighted by Crippen LogP contribution is -2.09. The van der Waals surface area contributed by atoms with Crippen molar-refractivity contribution in [2.75, 3.05) is 6.26 Å². The van der Waals surface area contributed by atoms with Crippen LogP contribution in [-0.4, -0.2) is 16.9 Å². The molecule has 0 amide bonds. The zero-order valence-electron chi connectivity index (χ0n) is 6.96. The van der Waals surface area contributed by atoms with E-state index in [1.54, 1.807) is 12.1 Å². The van der Waals surface area contributed by atoms with Crippen molar-refractivity contribution >= 4 is 40.7 Å². The highest BCUT2D eigenvalue weighted by Gasteiger charge is 2.16. The van der Waals surface area contributed by atoms with Crippen molar-refractivity contribution in [1.82, 2.24) is 0 Å². The summed E-state index contributed by atoms with van der Waals surface area (Å²) < 4.78 is 0. The summed E-state index contributed by atoms with van der Waals surface area (Å²) >= 11 is 12.5. The maximum absolute atomic E-state index is 11.4. The summed E-state index contributed by atoms with van der Waals surface area (Å²) in [4.78, 5) is 11.4. The van der Waals surface area contributed by atoms with Crippen molar-refractivity contribution in [3.8, 4) is 0 Å². The molecule has 0 atom stereocenters. The Balaban J connectivity index is 3.06. The van der Waals surface area contributed by atoms with Crippen molar-refractivity contribution in [3.63, 3.8) is 0 Å². The molecule has 1 rings (SSSR count). The van der Waals surface area contributed by atoms with Crippen LogP contribution in [0.4, 0.5) is 0 Å². The number of ketones is 1. The first-order valence-corrected chi connectivity index (χ1v) is 5.72. The number of alkyl halides is 2. The first-order valence-electron chi connectivity index (χ1n) is 3.62. The molecule has 0 aliphatic rings. The molecule has 1 aromatic carbocycles. The predicted molar refractivity (Wildman–Crippen MR) is 58.0 cm³/mol. The van der Waals surface area contributed by atoms with Crippen LogP contribution in [0.5, 0.6) is 0 Å². The average molecular weight is 235 g/mol. The van der Waals surface area contributed by atoms with E-state index in [0.29, 0.717) is 5.56 Å². The van der Waals surface area contributed by atoms with Crippen LogP contribution in [0.1, 0.15) is 10.4 Å². The smallest absolute Gasteiger partial charge is 0.196 e. The Hall–Kier alpha value is -0.180. The number of rotatable bonds is 3. The van der Waals surface area contributed by atoms with Gasteiger partial charge in [-0.05, 0) is 12.3 Å². The van der Waals surface area contributed by atoms with Gasteiger partial charge >= 0.3 is 0 Å². The second-order valence-corrected chi connectivity index (χ2v) is 4.31. The average Bonchev–Trinajstić information content (AvgIpc) is 2.16. The number of benzene rings is 1. The third-order valence-corrected chi connectivity index (χ3v) is 2.76. The first-order chi connectivity index (χ1) is 6.16. The zero-order valence-corrected chi connectivity index (χ0v) is 9.29. The highest BCUT2D eigenvalue weighted by atomic mass is 35.5. The van der Waals surface area contributed by atoms with E-state index in [4.69, 9.17) is 23.2 Å². The van der Waals surface area contributed by atoms with Gasteiger partial charge in [0.25, 0.3) is 0 Å². The fourth-order valence-corrected chi connectivity index (χ4v) is 1.80. The lowest BCUT2D eigenvalue weighted by Gasteiger charge is -2.05. The topological polar surface area (TPSA) is 17.1 Å².